The summed E-state index contributed by atoms with van der Waals surface area (Å²) in [6.45, 7) is 7.11. The number of carbonyl (C=O) groups is 1. The van der Waals surface area contributed by atoms with Crippen LogP contribution in [0.25, 0.3) is 0 Å². The fourth-order valence-electron chi connectivity index (χ4n) is 3.83. The van der Waals surface area contributed by atoms with E-state index in [2.05, 4.69) is 41.2 Å². The Morgan fingerprint density at radius 1 is 1.22 bits per heavy atom. The molecule has 0 aromatic carbocycles. The molecule has 0 N–H and O–H groups in total. The molecule has 1 aromatic heterocycles. The highest BCUT2D eigenvalue weighted by Crippen LogP contribution is 2.35. The molecule has 1 aromatic rings. The van der Waals surface area contributed by atoms with Crippen molar-refractivity contribution in [2.24, 2.45) is 5.92 Å². The van der Waals surface area contributed by atoms with Crippen LogP contribution in [0.15, 0.2) is 5.16 Å². The largest absolute Gasteiger partial charge is 0.339 e. The van der Waals surface area contributed by atoms with Crippen LogP contribution in [0.3, 0.4) is 0 Å². The molecule has 6 nitrogen and oxygen atoms in total. The van der Waals surface area contributed by atoms with Gasteiger partial charge in [-0.2, -0.15) is 0 Å². The van der Waals surface area contributed by atoms with E-state index in [-0.39, 0.29) is 11.4 Å². The van der Waals surface area contributed by atoms with E-state index in [0.717, 1.165) is 24.0 Å². The number of rotatable bonds is 3. The minimum Gasteiger partial charge on any atom is -0.339 e. The number of fused-ring (bicyclic) bond motifs is 1. The molecule has 23 heavy (non-hydrogen) atoms. The zero-order chi connectivity index (χ0) is 16.4. The summed E-state index contributed by atoms with van der Waals surface area (Å²) in [7, 11) is 0. The van der Waals surface area contributed by atoms with Crippen LogP contribution in [-0.2, 0) is 10.3 Å². The number of amides is 1. The van der Waals surface area contributed by atoms with Gasteiger partial charge in [0.25, 0.3) is 0 Å². The minimum atomic E-state index is -0.172. The molecule has 2 unspecified atom stereocenters. The monoisotopic (exact) mass is 337 g/mol. The Bertz CT molecular complexity index is 551. The molecule has 2 heterocycles. The quantitative estimate of drug-likeness (QED) is 0.794. The topological polar surface area (TPSA) is 63.9 Å². The van der Waals surface area contributed by atoms with Gasteiger partial charge >= 0.3 is 0 Å². The standard InChI is InChI=1S/C16H27N5OS/c1-16(2,3)21-15(17-18-19-21)23-11-14(22)20-10-6-8-12-7-4-5-9-13(12)20/h12-13H,4-11H2,1-3H3. The van der Waals surface area contributed by atoms with Crippen molar-refractivity contribution >= 4 is 17.7 Å². The Hall–Kier alpha value is -1.11. The van der Waals surface area contributed by atoms with Crippen LogP contribution in [0.1, 0.15) is 59.3 Å². The Morgan fingerprint density at radius 3 is 2.74 bits per heavy atom. The van der Waals surface area contributed by atoms with Crippen LogP contribution in [0, 0.1) is 5.92 Å². The molecule has 2 aliphatic rings. The summed E-state index contributed by atoms with van der Waals surface area (Å²) in [5.41, 5.74) is -0.172. The van der Waals surface area contributed by atoms with Gasteiger partial charge in [0.05, 0.1) is 11.3 Å². The number of piperidine rings is 1. The van der Waals surface area contributed by atoms with E-state index in [4.69, 9.17) is 0 Å². The van der Waals surface area contributed by atoms with Gasteiger partial charge in [0.2, 0.25) is 11.1 Å². The van der Waals surface area contributed by atoms with Crippen LogP contribution in [0.5, 0.6) is 0 Å². The third kappa shape index (κ3) is 3.70. The van der Waals surface area contributed by atoms with Crippen LogP contribution in [0.2, 0.25) is 0 Å². The first kappa shape index (κ1) is 16.7. The number of carbonyl (C=O) groups excluding carboxylic acids is 1. The van der Waals surface area contributed by atoms with Crippen molar-refractivity contribution in [3.05, 3.63) is 0 Å². The third-order valence-electron chi connectivity index (χ3n) is 4.96. The minimum absolute atomic E-state index is 0.172. The molecular formula is C16H27N5OS. The maximum atomic E-state index is 12.7. The van der Waals surface area contributed by atoms with Crippen molar-refractivity contribution in [1.82, 2.24) is 25.1 Å². The van der Waals surface area contributed by atoms with Crippen molar-refractivity contribution in [3.8, 4) is 0 Å². The van der Waals surface area contributed by atoms with Gasteiger partial charge in [0, 0.05) is 12.6 Å². The molecular weight excluding hydrogens is 310 g/mol. The first-order valence-electron chi connectivity index (χ1n) is 8.68. The summed E-state index contributed by atoms with van der Waals surface area (Å²) in [6.07, 6.45) is 7.52. The highest BCUT2D eigenvalue weighted by atomic mass is 32.2. The highest BCUT2D eigenvalue weighted by molar-refractivity contribution is 7.99. The number of tetrazole rings is 1. The molecule has 1 saturated carbocycles. The summed E-state index contributed by atoms with van der Waals surface area (Å²) >= 11 is 1.46. The second-order valence-electron chi connectivity index (χ2n) is 7.67. The van der Waals surface area contributed by atoms with Crippen LogP contribution < -0.4 is 0 Å². The van der Waals surface area contributed by atoms with E-state index in [1.807, 2.05) is 0 Å². The van der Waals surface area contributed by atoms with E-state index >= 15 is 0 Å². The molecule has 1 saturated heterocycles. The summed E-state index contributed by atoms with van der Waals surface area (Å²) in [6, 6.07) is 0.476. The van der Waals surface area contributed by atoms with Gasteiger partial charge in [-0.1, -0.05) is 24.6 Å². The van der Waals surface area contributed by atoms with Gasteiger partial charge in [-0.25, -0.2) is 4.68 Å². The van der Waals surface area contributed by atoms with Gasteiger partial charge in [-0.3, -0.25) is 4.79 Å². The lowest BCUT2D eigenvalue weighted by molar-refractivity contribution is -0.134. The average Bonchev–Trinajstić information content (AvgIpc) is 3.01. The summed E-state index contributed by atoms with van der Waals surface area (Å²) in [5.74, 6) is 1.40. The average molecular weight is 337 g/mol. The second kappa shape index (κ2) is 6.79. The molecule has 3 rings (SSSR count). The van der Waals surface area contributed by atoms with Crippen LogP contribution >= 0.6 is 11.8 Å². The number of nitrogens with zero attached hydrogens (tertiary/aromatic N) is 5. The van der Waals surface area contributed by atoms with Crippen LogP contribution in [0.4, 0.5) is 0 Å². The maximum absolute atomic E-state index is 12.7. The van der Waals surface area contributed by atoms with E-state index in [0.29, 0.717) is 11.8 Å². The Labute approximate surface area is 142 Å². The fourth-order valence-corrected chi connectivity index (χ4v) is 4.78. The Kier molecular flexibility index (Phi) is 4.94. The zero-order valence-corrected chi connectivity index (χ0v) is 15.2. The van der Waals surface area contributed by atoms with Crippen molar-refractivity contribution in [1.29, 1.82) is 0 Å². The predicted molar refractivity (Wildman–Crippen MR) is 90.2 cm³/mol. The predicted octanol–water partition coefficient (Wildman–Crippen LogP) is 2.70. The molecule has 0 bridgehead atoms. The molecule has 1 amide bonds. The maximum Gasteiger partial charge on any atom is 0.233 e. The molecule has 2 atom stereocenters. The van der Waals surface area contributed by atoms with Gasteiger partial charge < -0.3 is 4.90 Å². The number of hydrogen-bond donors (Lipinski definition) is 0. The SMILES string of the molecule is CC(C)(C)n1nnnc1SCC(=O)N1CCCC2CCCCC21. The first-order valence-corrected chi connectivity index (χ1v) is 9.66. The number of hydrogen-bond acceptors (Lipinski definition) is 5. The Morgan fingerprint density at radius 2 is 1.96 bits per heavy atom. The van der Waals surface area contributed by atoms with Crippen molar-refractivity contribution < 1.29 is 4.79 Å². The molecule has 0 radical (unpaired) electrons. The molecule has 7 heteroatoms. The van der Waals surface area contributed by atoms with E-state index < -0.39 is 0 Å². The molecule has 0 spiro atoms. The fraction of sp³-hybridized carbons (Fsp3) is 0.875. The lowest BCUT2D eigenvalue weighted by Crippen LogP contribution is -2.50. The lowest BCUT2D eigenvalue weighted by Gasteiger charge is -2.44. The molecule has 128 valence electrons. The van der Waals surface area contributed by atoms with E-state index in [1.54, 1.807) is 4.68 Å². The third-order valence-corrected chi connectivity index (χ3v) is 5.87. The van der Waals surface area contributed by atoms with Gasteiger partial charge in [0.1, 0.15) is 0 Å². The number of aromatic nitrogens is 4. The van der Waals surface area contributed by atoms with E-state index in [9.17, 15) is 4.79 Å². The zero-order valence-electron chi connectivity index (χ0n) is 14.4. The van der Waals surface area contributed by atoms with Gasteiger partial charge in [-0.05, 0) is 62.8 Å². The van der Waals surface area contributed by atoms with Crippen molar-refractivity contribution in [3.63, 3.8) is 0 Å². The smallest absolute Gasteiger partial charge is 0.233 e. The Balaban J connectivity index is 1.62. The first-order chi connectivity index (χ1) is 11.0. The number of thioether (sulfide) groups is 1. The lowest BCUT2D eigenvalue weighted by atomic mass is 9.78. The van der Waals surface area contributed by atoms with Crippen molar-refractivity contribution in [2.45, 2.75) is 76.0 Å². The summed E-state index contributed by atoms with van der Waals surface area (Å²) in [4.78, 5) is 14.9. The molecule has 1 aliphatic carbocycles. The summed E-state index contributed by atoms with van der Waals surface area (Å²) < 4.78 is 1.80. The van der Waals surface area contributed by atoms with Crippen LogP contribution in [-0.4, -0.2) is 49.4 Å². The highest BCUT2D eigenvalue weighted by Gasteiger charge is 2.35. The van der Waals surface area contributed by atoms with Gasteiger partial charge in [0.15, 0.2) is 0 Å². The molecule has 1 aliphatic heterocycles. The normalized spacial score (nSPS) is 25.3. The summed E-state index contributed by atoms with van der Waals surface area (Å²) in [5, 5.41) is 12.6. The van der Waals surface area contributed by atoms with Gasteiger partial charge in [-0.15, -0.1) is 5.10 Å². The number of likely N-dealkylation sites (tertiary alicyclic amines) is 1. The second-order valence-corrected chi connectivity index (χ2v) is 8.62. The molecule has 2 fully saturated rings. The van der Waals surface area contributed by atoms with Crippen molar-refractivity contribution in [2.75, 3.05) is 12.3 Å². The van der Waals surface area contributed by atoms with E-state index in [1.165, 1.54) is 43.9 Å².